The number of carboxylic acid groups (broad SMARTS) is 1. The van der Waals surface area contributed by atoms with Gasteiger partial charge in [-0.25, -0.2) is 4.79 Å². The van der Waals surface area contributed by atoms with Crippen LogP contribution in [0.4, 0.5) is 0 Å². The highest BCUT2D eigenvalue weighted by molar-refractivity contribution is 5.72. The molecule has 104 valence electrons. The number of pyridine rings is 1. The van der Waals surface area contributed by atoms with E-state index in [-0.39, 0.29) is 11.3 Å². The van der Waals surface area contributed by atoms with E-state index in [2.05, 4.69) is 0 Å². The van der Waals surface area contributed by atoms with Crippen LogP contribution in [-0.2, 0) is 4.79 Å². The lowest BCUT2D eigenvalue weighted by molar-refractivity contribution is -0.143. The van der Waals surface area contributed by atoms with Crippen molar-refractivity contribution >= 4 is 5.97 Å². The minimum atomic E-state index is -0.790. The van der Waals surface area contributed by atoms with Gasteiger partial charge in [0, 0.05) is 23.5 Å². The third-order valence-corrected chi connectivity index (χ3v) is 4.09. The smallest absolute Gasteiger partial charge is 0.326 e. The lowest BCUT2D eigenvalue weighted by Crippen LogP contribution is -2.32. The molecular formula is C15H21NO3. The molecule has 0 radical (unpaired) electrons. The zero-order valence-corrected chi connectivity index (χ0v) is 11.6. The van der Waals surface area contributed by atoms with Crippen LogP contribution in [0.2, 0.25) is 0 Å². The molecule has 4 nitrogen and oxygen atoms in total. The summed E-state index contributed by atoms with van der Waals surface area (Å²) < 4.78 is 1.82. The molecule has 1 aliphatic rings. The lowest BCUT2D eigenvalue weighted by atomic mass is 9.83. The highest BCUT2D eigenvalue weighted by atomic mass is 16.4. The predicted octanol–water partition coefficient (Wildman–Crippen LogP) is 2.67. The quantitative estimate of drug-likeness (QED) is 0.912. The van der Waals surface area contributed by atoms with Crippen molar-refractivity contribution in [2.75, 3.05) is 0 Å². The second kappa shape index (κ2) is 5.59. The van der Waals surface area contributed by atoms with E-state index in [1.165, 1.54) is 18.6 Å². The third-order valence-electron chi connectivity index (χ3n) is 4.09. The number of aliphatic carboxylic acids is 1. The van der Waals surface area contributed by atoms with Crippen molar-refractivity contribution < 1.29 is 9.90 Å². The van der Waals surface area contributed by atoms with Crippen LogP contribution in [0.15, 0.2) is 16.9 Å². The minimum Gasteiger partial charge on any atom is -0.480 e. The van der Waals surface area contributed by atoms with Crippen molar-refractivity contribution in [1.29, 1.82) is 0 Å². The molecule has 0 bridgehead atoms. The van der Waals surface area contributed by atoms with Crippen LogP contribution in [0, 0.1) is 19.8 Å². The Labute approximate surface area is 113 Å². The summed E-state index contributed by atoms with van der Waals surface area (Å²) in [5.74, 6) is -0.618. The molecule has 2 rings (SSSR count). The van der Waals surface area contributed by atoms with Crippen LogP contribution < -0.4 is 5.43 Å². The van der Waals surface area contributed by atoms with Crippen LogP contribution in [-0.4, -0.2) is 15.6 Å². The molecule has 1 saturated carbocycles. The van der Waals surface area contributed by atoms with Crippen molar-refractivity contribution in [2.45, 2.75) is 52.0 Å². The van der Waals surface area contributed by atoms with E-state index in [9.17, 15) is 14.7 Å². The molecule has 1 aliphatic carbocycles. The van der Waals surface area contributed by atoms with E-state index in [0.717, 1.165) is 37.1 Å². The molecule has 19 heavy (non-hydrogen) atoms. The van der Waals surface area contributed by atoms with Gasteiger partial charge in [0.1, 0.15) is 6.04 Å². The van der Waals surface area contributed by atoms with Gasteiger partial charge in [-0.15, -0.1) is 0 Å². The average Bonchev–Trinajstić information content (AvgIpc) is 2.34. The molecule has 1 fully saturated rings. The summed E-state index contributed by atoms with van der Waals surface area (Å²) in [6.07, 6.45) is 5.33. The molecule has 1 heterocycles. The van der Waals surface area contributed by atoms with Gasteiger partial charge in [0.25, 0.3) is 0 Å². The Morgan fingerprint density at radius 2 is 1.74 bits per heavy atom. The van der Waals surface area contributed by atoms with Crippen LogP contribution in [0.1, 0.15) is 49.5 Å². The van der Waals surface area contributed by atoms with Gasteiger partial charge in [-0.2, -0.15) is 0 Å². The number of aromatic nitrogens is 1. The molecule has 4 heteroatoms. The van der Waals surface area contributed by atoms with Crippen molar-refractivity contribution in [3.63, 3.8) is 0 Å². The van der Waals surface area contributed by atoms with Crippen molar-refractivity contribution in [3.8, 4) is 0 Å². The predicted molar refractivity (Wildman–Crippen MR) is 73.4 cm³/mol. The van der Waals surface area contributed by atoms with Crippen molar-refractivity contribution in [3.05, 3.63) is 33.7 Å². The fourth-order valence-corrected chi connectivity index (χ4v) is 3.28. The number of aryl methyl sites for hydroxylation is 2. The van der Waals surface area contributed by atoms with Gasteiger partial charge in [0.2, 0.25) is 0 Å². The summed E-state index contributed by atoms with van der Waals surface area (Å²) in [5, 5.41) is 9.60. The molecular weight excluding hydrogens is 242 g/mol. The highest BCUT2D eigenvalue weighted by Gasteiger charge is 2.31. The van der Waals surface area contributed by atoms with E-state index < -0.39 is 12.0 Å². The van der Waals surface area contributed by atoms with E-state index in [0.29, 0.717) is 0 Å². The maximum atomic E-state index is 11.7. The largest absolute Gasteiger partial charge is 0.480 e. The van der Waals surface area contributed by atoms with Gasteiger partial charge in [-0.3, -0.25) is 4.79 Å². The summed E-state index contributed by atoms with van der Waals surface area (Å²) in [4.78, 5) is 23.2. The third kappa shape index (κ3) is 2.88. The second-order valence-electron chi connectivity index (χ2n) is 5.52. The van der Waals surface area contributed by atoms with Crippen LogP contribution in [0.3, 0.4) is 0 Å². The Morgan fingerprint density at radius 1 is 1.21 bits per heavy atom. The summed E-state index contributed by atoms with van der Waals surface area (Å²) in [5.41, 5.74) is 1.42. The van der Waals surface area contributed by atoms with Crippen molar-refractivity contribution in [2.24, 2.45) is 5.92 Å². The lowest BCUT2D eigenvalue weighted by Gasteiger charge is -2.31. The summed E-state index contributed by atoms with van der Waals surface area (Å²) >= 11 is 0. The number of carboxylic acids is 1. The number of rotatable bonds is 3. The average molecular weight is 263 g/mol. The molecule has 1 aromatic rings. The highest BCUT2D eigenvalue weighted by Crippen LogP contribution is 2.34. The molecule has 0 spiro atoms. The van der Waals surface area contributed by atoms with Crippen LogP contribution in [0.5, 0.6) is 0 Å². The van der Waals surface area contributed by atoms with Gasteiger partial charge in [-0.1, -0.05) is 19.3 Å². The Bertz CT molecular complexity index is 500. The monoisotopic (exact) mass is 263 g/mol. The molecule has 1 atom stereocenters. The molecule has 1 unspecified atom stereocenters. The van der Waals surface area contributed by atoms with E-state index in [1.807, 2.05) is 18.4 Å². The SMILES string of the molecule is Cc1cc(=O)cc(C)n1C(C(=O)O)C1CCCCC1. The topological polar surface area (TPSA) is 59.3 Å². The molecule has 1 N–H and O–H groups in total. The molecule has 0 aliphatic heterocycles. The van der Waals surface area contributed by atoms with Gasteiger partial charge in [0.05, 0.1) is 0 Å². The Kier molecular flexibility index (Phi) is 4.08. The first-order chi connectivity index (χ1) is 9.00. The summed E-state index contributed by atoms with van der Waals surface area (Å²) in [6.45, 7) is 3.63. The molecule has 0 amide bonds. The maximum Gasteiger partial charge on any atom is 0.326 e. The van der Waals surface area contributed by atoms with E-state index in [4.69, 9.17) is 0 Å². The minimum absolute atomic E-state index is 0.0565. The Morgan fingerprint density at radius 3 is 2.21 bits per heavy atom. The maximum absolute atomic E-state index is 11.7. The normalized spacial score (nSPS) is 18.2. The van der Waals surface area contributed by atoms with E-state index in [1.54, 1.807) is 0 Å². The zero-order chi connectivity index (χ0) is 14.0. The fourth-order valence-electron chi connectivity index (χ4n) is 3.28. The summed E-state index contributed by atoms with van der Waals surface area (Å²) in [6, 6.07) is 2.50. The molecule has 0 saturated heterocycles. The van der Waals surface area contributed by atoms with Gasteiger partial charge >= 0.3 is 5.97 Å². The number of carbonyl (C=O) groups is 1. The number of hydrogen-bond donors (Lipinski definition) is 1. The van der Waals surface area contributed by atoms with Gasteiger partial charge in [0.15, 0.2) is 5.43 Å². The van der Waals surface area contributed by atoms with Crippen molar-refractivity contribution in [1.82, 2.24) is 4.57 Å². The van der Waals surface area contributed by atoms with Gasteiger partial charge < -0.3 is 9.67 Å². The zero-order valence-electron chi connectivity index (χ0n) is 11.6. The first-order valence-corrected chi connectivity index (χ1v) is 6.93. The Hall–Kier alpha value is -1.58. The summed E-state index contributed by atoms with van der Waals surface area (Å²) in [7, 11) is 0. The Balaban J connectivity index is 2.44. The number of hydrogen-bond acceptors (Lipinski definition) is 2. The van der Waals surface area contributed by atoms with Crippen LogP contribution >= 0.6 is 0 Å². The van der Waals surface area contributed by atoms with Crippen LogP contribution in [0.25, 0.3) is 0 Å². The molecule has 1 aromatic heterocycles. The standard InChI is InChI=1S/C15H21NO3/c1-10-8-13(17)9-11(2)16(10)14(15(18)19)12-6-4-3-5-7-12/h8-9,12,14H,3-7H2,1-2H3,(H,18,19). The first-order valence-electron chi connectivity index (χ1n) is 6.93. The van der Waals surface area contributed by atoms with E-state index >= 15 is 0 Å². The first kappa shape index (κ1) is 13.8. The number of nitrogens with zero attached hydrogens (tertiary/aromatic N) is 1. The fraction of sp³-hybridized carbons (Fsp3) is 0.600. The second-order valence-corrected chi connectivity index (χ2v) is 5.52. The molecule has 0 aromatic carbocycles. The van der Waals surface area contributed by atoms with Gasteiger partial charge in [-0.05, 0) is 32.6 Å².